The highest BCUT2D eigenvalue weighted by Gasteiger charge is 2.27. The van der Waals surface area contributed by atoms with Gasteiger partial charge < -0.3 is 9.88 Å². The molecule has 6 aromatic carbocycles. The van der Waals surface area contributed by atoms with Gasteiger partial charge in [-0.3, -0.25) is 4.99 Å². The van der Waals surface area contributed by atoms with Crippen molar-refractivity contribution in [2.24, 2.45) is 4.99 Å². The van der Waals surface area contributed by atoms with E-state index in [0.717, 1.165) is 39.1 Å². The van der Waals surface area contributed by atoms with Crippen molar-refractivity contribution >= 4 is 64.8 Å². The second-order valence-electron chi connectivity index (χ2n) is 11.5. The molecule has 1 atom stereocenters. The summed E-state index contributed by atoms with van der Waals surface area (Å²) in [7, 11) is 0. The molecule has 214 valence electrons. The Morgan fingerprint density at radius 1 is 0.630 bits per heavy atom. The van der Waals surface area contributed by atoms with Gasteiger partial charge in [0, 0.05) is 53.4 Å². The normalized spacial score (nSPS) is 14.1. The van der Waals surface area contributed by atoms with E-state index in [4.69, 9.17) is 4.99 Å². The number of thiophene rings is 1. The van der Waals surface area contributed by atoms with Crippen molar-refractivity contribution in [3.8, 4) is 17.8 Å². The molecule has 2 aromatic heterocycles. The predicted octanol–water partition coefficient (Wildman–Crippen LogP) is 9.86. The fourth-order valence-corrected chi connectivity index (χ4v) is 7.92. The number of fused-ring (bicyclic) bond motifs is 7. The second-order valence-corrected chi connectivity index (χ2v) is 12.6. The molecule has 0 saturated heterocycles. The minimum atomic E-state index is -0.419. The molecule has 0 radical (unpaired) electrons. The van der Waals surface area contributed by atoms with E-state index in [2.05, 4.69) is 88.8 Å². The first-order valence-corrected chi connectivity index (χ1v) is 15.8. The SMILES string of the molecule is N#Cc1ccc2c(c1)NC(c1ccccc1)=NC2c1ccc(-n2c3ccccc3c3cc4sc5ccccc5c4cc32)cc1C#N. The summed E-state index contributed by atoms with van der Waals surface area (Å²) in [4.78, 5) is 5.14. The lowest BCUT2D eigenvalue weighted by molar-refractivity contribution is 0.858. The first-order chi connectivity index (χ1) is 22.7. The summed E-state index contributed by atoms with van der Waals surface area (Å²) in [6, 6.07) is 47.6. The summed E-state index contributed by atoms with van der Waals surface area (Å²) in [5.41, 5.74) is 7.75. The lowest BCUT2D eigenvalue weighted by Gasteiger charge is -2.27. The number of rotatable bonds is 3. The Kier molecular flexibility index (Phi) is 5.80. The highest BCUT2D eigenvalue weighted by molar-refractivity contribution is 7.25. The van der Waals surface area contributed by atoms with Gasteiger partial charge in [0.2, 0.25) is 0 Å². The van der Waals surface area contributed by atoms with Crippen LogP contribution in [-0.2, 0) is 0 Å². The smallest absolute Gasteiger partial charge is 0.133 e. The Morgan fingerprint density at radius 3 is 2.26 bits per heavy atom. The first-order valence-electron chi connectivity index (χ1n) is 15.0. The third-order valence-corrected chi connectivity index (χ3v) is 10.1. The Balaban J connectivity index is 1.26. The van der Waals surface area contributed by atoms with Crippen LogP contribution >= 0.6 is 11.3 Å². The van der Waals surface area contributed by atoms with Crippen molar-refractivity contribution < 1.29 is 0 Å². The van der Waals surface area contributed by atoms with Gasteiger partial charge in [-0.15, -0.1) is 11.3 Å². The molecule has 6 heteroatoms. The summed E-state index contributed by atoms with van der Waals surface area (Å²) >= 11 is 1.82. The Labute approximate surface area is 268 Å². The standard InChI is InChI=1S/C40H23N5S/c41-22-24-14-16-31-34(18-24)43-40(25-8-2-1-3-9-25)44-39(31)28-17-15-27(19-26(28)23-42)45-35-12-6-4-10-29(35)32-21-38-33(20-36(32)45)30-11-5-7-13-37(30)46-38/h1-21,39H,(H,43,44). The molecule has 1 N–H and O–H groups in total. The van der Waals surface area contributed by atoms with Crippen molar-refractivity contribution in [1.29, 1.82) is 10.5 Å². The van der Waals surface area contributed by atoms with Gasteiger partial charge in [-0.1, -0.05) is 78.9 Å². The second kappa shape index (κ2) is 10.2. The zero-order valence-electron chi connectivity index (χ0n) is 24.4. The molecule has 9 rings (SSSR count). The predicted molar refractivity (Wildman–Crippen MR) is 188 cm³/mol. The average molecular weight is 606 g/mol. The first kappa shape index (κ1) is 26.2. The Hall–Kier alpha value is -6.21. The number of hydrogen-bond donors (Lipinski definition) is 1. The number of para-hydroxylation sites is 1. The van der Waals surface area contributed by atoms with Crippen LogP contribution in [0.4, 0.5) is 5.69 Å². The van der Waals surface area contributed by atoms with Gasteiger partial charge in [0.05, 0.1) is 34.3 Å². The van der Waals surface area contributed by atoms with E-state index in [1.165, 1.54) is 30.9 Å². The average Bonchev–Trinajstić information content (AvgIpc) is 3.64. The molecule has 0 bridgehead atoms. The number of nitriles is 2. The van der Waals surface area contributed by atoms with Crippen LogP contribution in [0.3, 0.4) is 0 Å². The summed E-state index contributed by atoms with van der Waals surface area (Å²) < 4.78 is 4.81. The molecular formula is C40H23N5S. The Morgan fingerprint density at radius 2 is 1.41 bits per heavy atom. The molecule has 46 heavy (non-hydrogen) atoms. The van der Waals surface area contributed by atoms with Crippen LogP contribution in [0.2, 0.25) is 0 Å². The summed E-state index contributed by atoms with van der Waals surface area (Å²) in [6.07, 6.45) is 0. The highest BCUT2D eigenvalue weighted by Crippen LogP contribution is 2.42. The zero-order valence-corrected chi connectivity index (χ0v) is 25.2. The molecule has 1 aliphatic heterocycles. The maximum Gasteiger partial charge on any atom is 0.133 e. The molecule has 0 fully saturated rings. The molecule has 5 nitrogen and oxygen atoms in total. The topological polar surface area (TPSA) is 76.9 Å². The van der Waals surface area contributed by atoms with Crippen LogP contribution in [-0.4, -0.2) is 10.4 Å². The third-order valence-electron chi connectivity index (χ3n) is 8.92. The number of nitrogens with zero attached hydrogens (tertiary/aromatic N) is 4. The number of nitrogens with one attached hydrogen (secondary N) is 1. The van der Waals surface area contributed by atoms with Crippen molar-refractivity contribution in [2.75, 3.05) is 5.32 Å². The van der Waals surface area contributed by atoms with Crippen LogP contribution in [0.1, 0.15) is 33.9 Å². The van der Waals surface area contributed by atoms with Gasteiger partial charge >= 0.3 is 0 Å². The number of benzene rings is 6. The van der Waals surface area contributed by atoms with E-state index in [9.17, 15) is 10.5 Å². The molecule has 0 saturated carbocycles. The van der Waals surface area contributed by atoms with E-state index in [-0.39, 0.29) is 0 Å². The maximum absolute atomic E-state index is 10.6. The van der Waals surface area contributed by atoms with Crippen LogP contribution in [0, 0.1) is 22.7 Å². The molecule has 1 aliphatic rings. The maximum atomic E-state index is 10.6. The van der Waals surface area contributed by atoms with Crippen molar-refractivity contribution in [3.05, 3.63) is 155 Å². The quantitative estimate of drug-likeness (QED) is 0.218. The zero-order chi connectivity index (χ0) is 30.8. The molecule has 1 unspecified atom stereocenters. The molecule has 8 aromatic rings. The molecule has 0 amide bonds. The van der Waals surface area contributed by atoms with Crippen LogP contribution in [0.5, 0.6) is 0 Å². The summed E-state index contributed by atoms with van der Waals surface area (Å²) in [5, 5.41) is 28.5. The van der Waals surface area contributed by atoms with Gasteiger partial charge in [-0.25, -0.2) is 0 Å². The lowest BCUT2D eigenvalue weighted by atomic mass is 9.91. The fraction of sp³-hybridized carbons (Fsp3) is 0.0250. The summed E-state index contributed by atoms with van der Waals surface area (Å²) in [5.74, 6) is 0.704. The lowest BCUT2D eigenvalue weighted by Crippen LogP contribution is -2.22. The number of aromatic nitrogens is 1. The van der Waals surface area contributed by atoms with Gasteiger partial charge in [0.1, 0.15) is 11.9 Å². The van der Waals surface area contributed by atoms with Crippen molar-refractivity contribution in [2.45, 2.75) is 6.04 Å². The molecule has 3 heterocycles. The number of amidine groups is 1. The third kappa shape index (κ3) is 3.95. The molecule has 0 aliphatic carbocycles. The van der Waals surface area contributed by atoms with E-state index < -0.39 is 6.04 Å². The largest absolute Gasteiger partial charge is 0.340 e. The van der Waals surface area contributed by atoms with Gasteiger partial charge in [-0.05, 0) is 54.1 Å². The van der Waals surface area contributed by atoms with Gasteiger partial charge in [0.15, 0.2) is 0 Å². The van der Waals surface area contributed by atoms with Crippen LogP contribution in [0.15, 0.2) is 132 Å². The summed E-state index contributed by atoms with van der Waals surface area (Å²) in [6.45, 7) is 0. The van der Waals surface area contributed by atoms with Gasteiger partial charge in [-0.2, -0.15) is 10.5 Å². The highest BCUT2D eigenvalue weighted by atomic mass is 32.1. The van der Waals surface area contributed by atoms with E-state index in [1.807, 2.05) is 72.0 Å². The molecule has 0 spiro atoms. The van der Waals surface area contributed by atoms with Crippen molar-refractivity contribution in [3.63, 3.8) is 0 Å². The Bertz CT molecular complexity index is 2650. The van der Waals surface area contributed by atoms with E-state index >= 15 is 0 Å². The van der Waals surface area contributed by atoms with Crippen molar-refractivity contribution in [1.82, 2.24) is 4.57 Å². The van der Waals surface area contributed by atoms with E-state index in [0.29, 0.717) is 17.0 Å². The van der Waals surface area contributed by atoms with E-state index in [1.54, 1.807) is 0 Å². The van der Waals surface area contributed by atoms with Gasteiger partial charge in [0.25, 0.3) is 0 Å². The minimum Gasteiger partial charge on any atom is -0.340 e. The minimum absolute atomic E-state index is 0.419. The number of anilines is 1. The van der Waals surface area contributed by atoms with Crippen LogP contribution in [0.25, 0.3) is 47.7 Å². The monoisotopic (exact) mass is 605 g/mol. The number of aliphatic imine (C=N–C) groups is 1. The number of hydrogen-bond acceptors (Lipinski definition) is 5. The fourth-order valence-electron chi connectivity index (χ4n) is 6.79. The van der Waals surface area contributed by atoms with Crippen LogP contribution < -0.4 is 5.32 Å². The molecular weight excluding hydrogens is 583 g/mol.